The summed E-state index contributed by atoms with van der Waals surface area (Å²) < 4.78 is 17.7. The monoisotopic (exact) mass is 329 g/mol. The van der Waals surface area contributed by atoms with Gasteiger partial charge >= 0.3 is 5.97 Å². The molecule has 0 aliphatic carbocycles. The predicted octanol–water partition coefficient (Wildman–Crippen LogP) is 2.83. The summed E-state index contributed by atoms with van der Waals surface area (Å²) in [5.74, 6) is -1.05. The van der Waals surface area contributed by atoms with E-state index in [2.05, 4.69) is 5.32 Å². The molecular formula is C19H20FNO3. The van der Waals surface area contributed by atoms with Gasteiger partial charge in [0.05, 0.1) is 6.42 Å². The summed E-state index contributed by atoms with van der Waals surface area (Å²) in [5.41, 5.74) is 1.77. The van der Waals surface area contributed by atoms with Gasteiger partial charge in [0.1, 0.15) is 5.82 Å². The van der Waals surface area contributed by atoms with Crippen LogP contribution < -0.4 is 5.32 Å². The highest BCUT2D eigenvalue weighted by molar-refractivity contribution is 5.81. The number of carbonyl (C=O) groups is 2. The minimum Gasteiger partial charge on any atom is -0.455 e. The van der Waals surface area contributed by atoms with Crippen molar-refractivity contribution >= 4 is 11.9 Å². The highest BCUT2D eigenvalue weighted by Gasteiger charge is 2.10. The lowest BCUT2D eigenvalue weighted by atomic mass is 10.0. The van der Waals surface area contributed by atoms with Crippen LogP contribution >= 0.6 is 0 Å². The number of amides is 1. The van der Waals surface area contributed by atoms with E-state index in [1.165, 1.54) is 24.3 Å². The Bertz CT molecular complexity index is 671. The Morgan fingerprint density at radius 2 is 1.75 bits per heavy atom. The zero-order valence-corrected chi connectivity index (χ0v) is 13.5. The number of hydrogen-bond donors (Lipinski definition) is 1. The predicted molar refractivity (Wildman–Crippen MR) is 88.9 cm³/mol. The van der Waals surface area contributed by atoms with Gasteiger partial charge < -0.3 is 10.1 Å². The Balaban J connectivity index is 1.69. The molecule has 2 aromatic rings. The number of carbonyl (C=O) groups excluding carboxylic acids is 2. The molecule has 0 aromatic heterocycles. The van der Waals surface area contributed by atoms with Gasteiger partial charge in [0.15, 0.2) is 6.61 Å². The highest BCUT2D eigenvalue weighted by atomic mass is 19.1. The number of esters is 1. The number of ether oxygens (including phenoxy) is 1. The molecule has 126 valence electrons. The fourth-order valence-corrected chi connectivity index (χ4v) is 2.18. The van der Waals surface area contributed by atoms with E-state index in [0.29, 0.717) is 12.1 Å². The van der Waals surface area contributed by atoms with Gasteiger partial charge in [-0.2, -0.15) is 0 Å². The summed E-state index contributed by atoms with van der Waals surface area (Å²) in [7, 11) is 0. The molecule has 0 saturated heterocycles. The SMILES string of the molecule is C[C@@H](CNC(=O)COC(=O)Cc1ccc(F)cc1)c1ccccc1. The molecule has 24 heavy (non-hydrogen) atoms. The van der Waals surface area contributed by atoms with Crippen molar-refractivity contribution in [2.24, 2.45) is 0 Å². The number of rotatable bonds is 7. The van der Waals surface area contributed by atoms with Crippen LogP contribution in [0.4, 0.5) is 4.39 Å². The Labute approximate surface area is 140 Å². The first kappa shape index (κ1) is 17.7. The first-order valence-electron chi connectivity index (χ1n) is 7.76. The topological polar surface area (TPSA) is 55.4 Å². The van der Waals surface area contributed by atoms with E-state index in [1.807, 2.05) is 37.3 Å². The van der Waals surface area contributed by atoms with Gasteiger partial charge in [-0.15, -0.1) is 0 Å². The standard InChI is InChI=1S/C19H20FNO3/c1-14(16-5-3-2-4-6-16)12-21-18(22)13-24-19(23)11-15-7-9-17(20)10-8-15/h2-10,14H,11-13H2,1H3,(H,21,22)/t14-/m0/s1. The third-order valence-electron chi connectivity index (χ3n) is 3.60. The Hall–Kier alpha value is -2.69. The van der Waals surface area contributed by atoms with Gasteiger partial charge in [-0.3, -0.25) is 9.59 Å². The number of hydrogen-bond acceptors (Lipinski definition) is 3. The molecular weight excluding hydrogens is 309 g/mol. The molecule has 5 heteroatoms. The van der Waals surface area contributed by atoms with Crippen molar-refractivity contribution in [1.82, 2.24) is 5.32 Å². The minimum atomic E-state index is -0.520. The third-order valence-corrected chi connectivity index (χ3v) is 3.60. The molecule has 2 rings (SSSR count). The number of benzene rings is 2. The maximum absolute atomic E-state index is 12.8. The normalized spacial score (nSPS) is 11.6. The fraction of sp³-hybridized carbons (Fsp3) is 0.263. The second-order valence-corrected chi connectivity index (χ2v) is 5.58. The van der Waals surface area contributed by atoms with E-state index >= 15 is 0 Å². The Morgan fingerprint density at radius 3 is 2.42 bits per heavy atom. The average molecular weight is 329 g/mol. The van der Waals surface area contributed by atoms with Crippen molar-refractivity contribution in [2.75, 3.05) is 13.2 Å². The lowest BCUT2D eigenvalue weighted by Crippen LogP contribution is -2.31. The first-order valence-corrected chi connectivity index (χ1v) is 7.76. The van der Waals surface area contributed by atoms with Crippen LogP contribution in [0.25, 0.3) is 0 Å². The Morgan fingerprint density at radius 1 is 1.08 bits per heavy atom. The van der Waals surface area contributed by atoms with E-state index in [1.54, 1.807) is 0 Å². The number of halogens is 1. The van der Waals surface area contributed by atoms with Crippen LogP contribution in [-0.4, -0.2) is 25.0 Å². The van der Waals surface area contributed by atoms with E-state index < -0.39 is 5.97 Å². The molecule has 1 amide bonds. The molecule has 4 nitrogen and oxygen atoms in total. The lowest BCUT2D eigenvalue weighted by Gasteiger charge is -2.13. The second-order valence-electron chi connectivity index (χ2n) is 5.58. The summed E-state index contributed by atoms with van der Waals surface area (Å²) in [5, 5.41) is 2.74. The van der Waals surface area contributed by atoms with Gasteiger partial charge in [-0.1, -0.05) is 49.4 Å². The zero-order chi connectivity index (χ0) is 17.4. The molecule has 0 aliphatic rings. The summed E-state index contributed by atoms with van der Waals surface area (Å²) in [4.78, 5) is 23.4. The smallest absolute Gasteiger partial charge is 0.310 e. The molecule has 0 radical (unpaired) electrons. The van der Waals surface area contributed by atoms with Crippen molar-refractivity contribution in [3.05, 3.63) is 71.5 Å². The molecule has 0 bridgehead atoms. The summed E-state index contributed by atoms with van der Waals surface area (Å²) >= 11 is 0. The van der Waals surface area contributed by atoms with Crippen LogP contribution in [0.3, 0.4) is 0 Å². The van der Waals surface area contributed by atoms with Crippen LogP contribution in [-0.2, 0) is 20.7 Å². The van der Waals surface area contributed by atoms with E-state index in [9.17, 15) is 14.0 Å². The van der Waals surface area contributed by atoms with Gasteiger partial charge in [0.25, 0.3) is 5.91 Å². The second kappa shape index (κ2) is 8.82. The van der Waals surface area contributed by atoms with Gasteiger partial charge in [0.2, 0.25) is 0 Å². The van der Waals surface area contributed by atoms with E-state index in [0.717, 1.165) is 5.56 Å². The minimum absolute atomic E-state index is 0.00791. The van der Waals surface area contributed by atoms with Gasteiger partial charge in [-0.05, 0) is 29.2 Å². The maximum atomic E-state index is 12.8. The number of nitrogens with one attached hydrogen (secondary N) is 1. The van der Waals surface area contributed by atoms with Gasteiger partial charge in [-0.25, -0.2) is 4.39 Å². The van der Waals surface area contributed by atoms with Crippen LogP contribution in [0.2, 0.25) is 0 Å². The fourth-order valence-electron chi connectivity index (χ4n) is 2.18. The zero-order valence-electron chi connectivity index (χ0n) is 13.5. The molecule has 0 fully saturated rings. The molecule has 2 aromatic carbocycles. The molecule has 1 N–H and O–H groups in total. The van der Waals surface area contributed by atoms with Crippen LogP contribution in [0.15, 0.2) is 54.6 Å². The van der Waals surface area contributed by atoms with Crippen molar-refractivity contribution in [1.29, 1.82) is 0 Å². The third kappa shape index (κ3) is 5.83. The molecule has 1 atom stereocenters. The summed E-state index contributed by atoms with van der Waals surface area (Å²) in [6.45, 7) is 2.16. The molecule has 0 saturated carbocycles. The molecule has 0 spiro atoms. The quantitative estimate of drug-likeness (QED) is 0.795. The van der Waals surface area contributed by atoms with Crippen LogP contribution in [0.5, 0.6) is 0 Å². The van der Waals surface area contributed by atoms with Crippen LogP contribution in [0.1, 0.15) is 24.0 Å². The van der Waals surface area contributed by atoms with Crippen molar-refractivity contribution < 1.29 is 18.7 Å². The largest absolute Gasteiger partial charge is 0.455 e. The molecule has 0 unspecified atom stereocenters. The molecule has 0 heterocycles. The van der Waals surface area contributed by atoms with E-state index in [-0.39, 0.29) is 30.7 Å². The van der Waals surface area contributed by atoms with Gasteiger partial charge in [0, 0.05) is 6.54 Å². The average Bonchev–Trinajstić information content (AvgIpc) is 2.60. The summed E-state index contributed by atoms with van der Waals surface area (Å²) in [6, 6.07) is 15.4. The van der Waals surface area contributed by atoms with Crippen molar-refractivity contribution in [2.45, 2.75) is 19.3 Å². The highest BCUT2D eigenvalue weighted by Crippen LogP contribution is 2.12. The molecule has 0 aliphatic heterocycles. The maximum Gasteiger partial charge on any atom is 0.310 e. The van der Waals surface area contributed by atoms with Crippen molar-refractivity contribution in [3.63, 3.8) is 0 Å². The van der Waals surface area contributed by atoms with E-state index in [4.69, 9.17) is 4.74 Å². The lowest BCUT2D eigenvalue weighted by molar-refractivity contribution is -0.147. The Kier molecular flexibility index (Phi) is 6.49. The van der Waals surface area contributed by atoms with Crippen LogP contribution in [0, 0.1) is 5.82 Å². The van der Waals surface area contributed by atoms with Crippen molar-refractivity contribution in [3.8, 4) is 0 Å². The summed E-state index contributed by atoms with van der Waals surface area (Å²) in [6.07, 6.45) is 0.00791. The first-order chi connectivity index (χ1) is 11.5.